The highest BCUT2D eigenvalue weighted by Gasteiger charge is 2.36. The van der Waals surface area contributed by atoms with Crippen LogP contribution in [0.1, 0.15) is 12.0 Å². The molecule has 0 bridgehead atoms. The van der Waals surface area contributed by atoms with Gasteiger partial charge >= 0.3 is 8.80 Å². The van der Waals surface area contributed by atoms with Gasteiger partial charge in [0.05, 0.1) is 10.2 Å². The van der Waals surface area contributed by atoms with E-state index in [1.807, 2.05) is 6.07 Å². The van der Waals surface area contributed by atoms with Crippen molar-refractivity contribution in [3.8, 4) is 0 Å². The minimum Gasteiger partial charge on any atom is -0.377 e. The minimum atomic E-state index is -2.50. The summed E-state index contributed by atoms with van der Waals surface area (Å²) < 4.78 is 18.9. The van der Waals surface area contributed by atoms with E-state index < -0.39 is 8.80 Å². The lowest BCUT2D eigenvalue weighted by molar-refractivity contribution is 0.123. The molecule has 1 aromatic heterocycles. The molecule has 0 unspecified atom stereocenters. The Morgan fingerprint density at radius 2 is 1.64 bits per heavy atom. The van der Waals surface area contributed by atoms with Crippen molar-refractivity contribution in [2.45, 2.75) is 28.1 Å². The number of aromatic nitrogens is 1. The van der Waals surface area contributed by atoms with Gasteiger partial charge in [-0.05, 0) is 68.0 Å². The second-order valence-corrected chi connectivity index (χ2v) is 14.2. The third-order valence-electron chi connectivity index (χ3n) is 4.34. The summed E-state index contributed by atoms with van der Waals surface area (Å²) in [5.41, 5.74) is 2.42. The van der Waals surface area contributed by atoms with E-state index in [0.717, 1.165) is 28.7 Å². The second kappa shape index (κ2) is 11.0. The third-order valence-corrected chi connectivity index (χ3v) is 12.4. The van der Waals surface area contributed by atoms with Crippen LogP contribution in [0.25, 0.3) is 10.2 Å². The molecule has 2 aromatic carbocycles. The Labute approximate surface area is 182 Å². The van der Waals surface area contributed by atoms with E-state index in [9.17, 15) is 0 Å². The molecule has 0 spiro atoms. The Hall–Kier alpha value is -0.523. The Balaban J connectivity index is 1.54. The fourth-order valence-corrected chi connectivity index (χ4v) is 9.99. The zero-order chi connectivity index (χ0) is 19.8. The van der Waals surface area contributed by atoms with Crippen LogP contribution in [0.5, 0.6) is 0 Å². The first-order valence-electron chi connectivity index (χ1n) is 8.80. The molecule has 0 aliphatic rings. The molecule has 0 amide bonds. The van der Waals surface area contributed by atoms with Gasteiger partial charge in [0.15, 0.2) is 4.34 Å². The maximum atomic E-state index is 5.52. The molecular weight excluding hydrogens is 447 g/mol. The van der Waals surface area contributed by atoms with Crippen molar-refractivity contribution in [2.75, 3.05) is 21.3 Å². The molecule has 0 N–H and O–H groups in total. The molecule has 0 saturated heterocycles. The second-order valence-electron chi connectivity index (χ2n) is 5.94. The van der Waals surface area contributed by atoms with E-state index in [0.29, 0.717) is 0 Å². The molecule has 4 nitrogen and oxygen atoms in total. The van der Waals surface area contributed by atoms with Crippen LogP contribution in [-0.2, 0) is 19.7 Å². The molecule has 3 aromatic rings. The van der Waals surface area contributed by atoms with Crippen LogP contribution in [0.15, 0.2) is 57.8 Å². The van der Waals surface area contributed by atoms with Crippen LogP contribution >= 0.6 is 42.8 Å². The summed E-state index contributed by atoms with van der Waals surface area (Å²) in [6, 6.07) is 17.6. The number of hydrogen-bond acceptors (Lipinski definition) is 8. The van der Waals surface area contributed by atoms with Gasteiger partial charge in [-0.2, -0.15) is 0 Å². The first-order chi connectivity index (χ1) is 13.7. The molecule has 3 rings (SSSR count). The smallest absolute Gasteiger partial charge is 0.377 e. The highest BCUT2D eigenvalue weighted by Crippen LogP contribution is 2.47. The van der Waals surface area contributed by atoms with Gasteiger partial charge in [-0.3, -0.25) is 0 Å². The van der Waals surface area contributed by atoms with Crippen LogP contribution < -0.4 is 0 Å². The Kier molecular flexibility index (Phi) is 8.73. The van der Waals surface area contributed by atoms with Crippen LogP contribution in [0.4, 0.5) is 0 Å². The van der Waals surface area contributed by atoms with Gasteiger partial charge in [-0.25, -0.2) is 4.98 Å². The van der Waals surface area contributed by atoms with Crippen molar-refractivity contribution in [1.82, 2.24) is 4.98 Å². The van der Waals surface area contributed by atoms with Crippen molar-refractivity contribution < 1.29 is 13.3 Å². The number of nitrogens with zero attached hydrogens (tertiary/aromatic N) is 1. The van der Waals surface area contributed by atoms with E-state index in [-0.39, 0.29) is 0 Å². The first kappa shape index (κ1) is 22.2. The van der Waals surface area contributed by atoms with E-state index in [1.54, 1.807) is 64.1 Å². The standard InChI is InChI=1S/C19H23NO3S4Si/c1-21-28(22-2,23-3)14-8-10-15-9-4-6-12-17(15)25-27-26-19-20-16-11-5-7-13-18(16)24-19/h4-7,9,11-13H,8,10,14H2,1-3H3. The van der Waals surface area contributed by atoms with Crippen molar-refractivity contribution in [3.63, 3.8) is 0 Å². The monoisotopic (exact) mass is 469 g/mol. The number of hydrogen-bond donors (Lipinski definition) is 0. The van der Waals surface area contributed by atoms with Gasteiger partial charge in [-0.15, -0.1) is 11.3 Å². The maximum absolute atomic E-state index is 5.52. The van der Waals surface area contributed by atoms with Gasteiger partial charge in [0.1, 0.15) is 0 Å². The molecule has 9 heteroatoms. The molecule has 0 aliphatic carbocycles. The van der Waals surface area contributed by atoms with Crippen molar-refractivity contribution >= 4 is 61.8 Å². The van der Waals surface area contributed by atoms with Gasteiger partial charge in [-0.1, -0.05) is 30.3 Å². The molecule has 0 fully saturated rings. The average molecular weight is 470 g/mol. The number of thiazole rings is 1. The highest BCUT2D eigenvalue weighted by atomic mass is 33.5. The van der Waals surface area contributed by atoms with Crippen molar-refractivity contribution in [2.24, 2.45) is 0 Å². The SMILES string of the molecule is CO[Si](CCCc1ccccc1SSSc1nc2ccccc2s1)(OC)OC. The summed E-state index contributed by atoms with van der Waals surface area (Å²) in [7, 11) is 7.77. The van der Waals surface area contributed by atoms with Crippen molar-refractivity contribution in [3.05, 3.63) is 54.1 Å². The topological polar surface area (TPSA) is 40.6 Å². The van der Waals surface area contributed by atoms with Gasteiger partial charge < -0.3 is 13.3 Å². The molecule has 0 radical (unpaired) electrons. The summed E-state index contributed by atoms with van der Waals surface area (Å²) in [5, 5.41) is 0. The molecular formula is C19H23NO3S4Si. The number of benzene rings is 2. The molecule has 1 heterocycles. The van der Waals surface area contributed by atoms with Crippen LogP contribution in [-0.4, -0.2) is 35.1 Å². The zero-order valence-corrected chi connectivity index (χ0v) is 20.3. The highest BCUT2D eigenvalue weighted by molar-refractivity contribution is 9.09. The van der Waals surface area contributed by atoms with E-state index in [4.69, 9.17) is 13.3 Å². The molecule has 28 heavy (non-hydrogen) atoms. The third kappa shape index (κ3) is 5.76. The quantitative estimate of drug-likeness (QED) is 0.233. The summed E-state index contributed by atoms with van der Waals surface area (Å²) in [5.74, 6) is 0. The summed E-state index contributed by atoms with van der Waals surface area (Å²) in [6.07, 6.45) is 1.94. The predicted octanol–water partition coefficient (Wildman–Crippen LogP) is 6.55. The average Bonchev–Trinajstić information content (AvgIpc) is 3.15. The summed E-state index contributed by atoms with van der Waals surface area (Å²) >= 11 is 1.74. The van der Waals surface area contributed by atoms with Crippen LogP contribution in [0.2, 0.25) is 6.04 Å². The maximum Gasteiger partial charge on any atom is 0.500 e. The minimum absolute atomic E-state index is 0.809. The lowest BCUT2D eigenvalue weighted by Gasteiger charge is -2.24. The van der Waals surface area contributed by atoms with E-state index in [1.165, 1.54) is 15.2 Å². The van der Waals surface area contributed by atoms with Gasteiger partial charge in [0.2, 0.25) is 0 Å². The van der Waals surface area contributed by atoms with Crippen LogP contribution in [0, 0.1) is 0 Å². The van der Waals surface area contributed by atoms with E-state index >= 15 is 0 Å². The summed E-state index contributed by atoms with van der Waals surface area (Å²) in [4.78, 5) is 5.97. The molecule has 0 atom stereocenters. The van der Waals surface area contributed by atoms with Gasteiger partial charge in [0.25, 0.3) is 0 Å². The fourth-order valence-electron chi connectivity index (χ4n) is 2.81. The fraction of sp³-hybridized carbons (Fsp3) is 0.316. The first-order valence-corrected chi connectivity index (χ1v) is 15.0. The largest absolute Gasteiger partial charge is 0.500 e. The van der Waals surface area contributed by atoms with Crippen molar-refractivity contribution in [1.29, 1.82) is 0 Å². The predicted molar refractivity (Wildman–Crippen MR) is 125 cm³/mol. The van der Waals surface area contributed by atoms with E-state index in [2.05, 4.69) is 47.4 Å². The Bertz CT molecular complexity index is 847. The summed E-state index contributed by atoms with van der Waals surface area (Å²) in [6.45, 7) is 0. The number of aryl methyl sites for hydroxylation is 1. The number of rotatable bonds is 11. The Morgan fingerprint density at radius 1 is 0.929 bits per heavy atom. The number of para-hydroxylation sites is 1. The lowest BCUT2D eigenvalue weighted by atomic mass is 10.1. The normalized spacial score (nSPS) is 12.0. The lowest BCUT2D eigenvalue weighted by Crippen LogP contribution is -2.42. The van der Waals surface area contributed by atoms with Crippen LogP contribution in [0.3, 0.4) is 0 Å². The van der Waals surface area contributed by atoms with Gasteiger partial charge in [0, 0.05) is 32.3 Å². The zero-order valence-electron chi connectivity index (χ0n) is 16.0. The molecule has 150 valence electrons. The Morgan fingerprint density at radius 3 is 2.39 bits per heavy atom. The molecule has 0 aliphatic heterocycles. The number of fused-ring (bicyclic) bond motifs is 1. The molecule has 0 saturated carbocycles.